The van der Waals surface area contributed by atoms with Gasteiger partial charge in [-0.15, -0.1) is 0 Å². The molecule has 1 amide bonds. The Labute approximate surface area is 138 Å². The Hall–Kier alpha value is -2.70. The average Bonchev–Trinajstić information content (AvgIpc) is 3.14. The summed E-state index contributed by atoms with van der Waals surface area (Å²) in [5, 5.41) is 13.2. The molecular weight excluding hydrogens is 313 g/mol. The molecular formula is C17H18FN3O3. The minimum atomic E-state index is -0.954. The van der Waals surface area contributed by atoms with Crippen molar-refractivity contribution in [2.75, 3.05) is 13.6 Å². The van der Waals surface area contributed by atoms with Crippen molar-refractivity contribution in [3.8, 4) is 5.69 Å². The molecule has 3 rings (SSSR count). The molecule has 0 spiro atoms. The topological polar surface area (TPSA) is 75.4 Å². The van der Waals surface area contributed by atoms with Crippen LogP contribution in [0.2, 0.25) is 0 Å². The third kappa shape index (κ3) is 3.02. The van der Waals surface area contributed by atoms with Gasteiger partial charge in [0.05, 0.1) is 12.1 Å². The van der Waals surface area contributed by atoms with Crippen molar-refractivity contribution in [3.05, 3.63) is 47.0 Å². The predicted octanol–water partition coefficient (Wildman–Crippen LogP) is 2.05. The molecule has 0 radical (unpaired) electrons. The summed E-state index contributed by atoms with van der Waals surface area (Å²) >= 11 is 0. The zero-order valence-electron chi connectivity index (χ0n) is 13.3. The van der Waals surface area contributed by atoms with Crippen LogP contribution in [-0.2, 0) is 17.6 Å². The number of carbonyl (C=O) groups excluding carboxylic acids is 1. The van der Waals surface area contributed by atoms with Gasteiger partial charge in [-0.05, 0) is 37.5 Å². The number of carbonyl (C=O) groups is 2. The highest BCUT2D eigenvalue weighted by Gasteiger charge is 2.28. The zero-order chi connectivity index (χ0) is 17.3. The van der Waals surface area contributed by atoms with Crippen LogP contribution in [0.3, 0.4) is 0 Å². The number of fused-ring (bicyclic) bond motifs is 1. The molecule has 0 saturated heterocycles. The molecule has 1 aromatic heterocycles. The number of rotatable bonds is 5. The molecule has 0 saturated carbocycles. The Morgan fingerprint density at radius 3 is 2.88 bits per heavy atom. The van der Waals surface area contributed by atoms with Crippen molar-refractivity contribution in [1.82, 2.24) is 14.7 Å². The first-order chi connectivity index (χ1) is 11.5. The molecule has 24 heavy (non-hydrogen) atoms. The van der Waals surface area contributed by atoms with Gasteiger partial charge < -0.3 is 10.0 Å². The Bertz CT molecular complexity index is 800. The first-order valence-electron chi connectivity index (χ1n) is 7.81. The first kappa shape index (κ1) is 16.2. The van der Waals surface area contributed by atoms with Crippen LogP contribution >= 0.6 is 0 Å². The maximum absolute atomic E-state index is 13.5. The Kier molecular flexibility index (Phi) is 4.33. The molecule has 1 aliphatic rings. The molecule has 2 aromatic rings. The second kappa shape index (κ2) is 6.43. The van der Waals surface area contributed by atoms with E-state index in [-0.39, 0.29) is 24.7 Å². The van der Waals surface area contributed by atoms with Gasteiger partial charge in [0, 0.05) is 24.8 Å². The van der Waals surface area contributed by atoms with Crippen molar-refractivity contribution in [3.63, 3.8) is 0 Å². The second-order valence-corrected chi connectivity index (χ2v) is 5.89. The fraction of sp³-hybridized carbons (Fsp3) is 0.353. The van der Waals surface area contributed by atoms with Crippen LogP contribution in [0.4, 0.5) is 4.39 Å². The molecule has 0 unspecified atom stereocenters. The van der Waals surface area contributed by atoms with Gasteiger partial charge in [0.25, 0.3) is 5.91 Å². The lowest BCUT2D eigenvalue weighted by atomic mass is 10.2. The highest BCUT2D eigenvalue weighted by molar-refractivity contribution is 5.94. The van der Waals surface area contributed by atoms with Crippen LogP contribution in [0, 0.1) is 5.82 Å². The van der Waals surface area contributed by atoms with Gasteiger partial charge >= 0.3 is 5.97 Å². The van der Waals surface area contributed by atoms with Crippen molar-refractivity contribution < 1.29 is 19.1 Å². The van der Waals surface area contributed by atoms with Crippen LogP contribution in [0.5, 0.6) is 0 Å². The smallest absolute Gasteiger partial charge is 0.305 e. The van der Waals surface area contributed by atoms with Gasteiger partial charge in [-0.2, -0.15) is 5.10 Å². The molecule has 6 nitrogen and oxygen atoms in total. The Morgan fingerprint density at radius 2 is 2.17 bits per heavy atom. The number of amides is 1. The minimum absolute atomic E-state index is 0.116. The lowest BCUT2D eigenvalue weighted by Gasteiger charge is -2.15. The summed E-state index contributed by atoms with van der Waals surface area (Å²) < 4.78 is 15.1. The monoisotopic (exact) mass is 331 g/mol. The SMILES string of the molecule is CN(CCC(=O)O)C(=O)c1nn(-c2cccc(F)c2)c2c1CCC2. The van der Waals surface area contributed by atoms with E-state index in [1.807, 2.05) is 0 Å². The van der Waals surface area contributed by atoms with Crippen LogP contribution < -0.4 is 0 Å². The van der Waals surface area contributed by atoms with E-state index >= 15 is 0 Å². The fourth-order valence-corrected chi connectivity index (χ4v) is 2.98. The van der Waals surface area contributed by atoms with E-state index in [0.29, 0.717) is 11.4 Å². The molecule has 0 aliphatic heterocycles. The van der Waals surface area contributed by atoms with Crippen molar-refractivity contribution >= 4 is 11.9 Å². The van der Waals surface area contributed by atoms with E-state index in [2.05, 4.69) is 5.10 Å². The first-order valence-corrected chi connectivity index (χ1v) is 7.81. The quantitative estimate of drug-likeness (QED) is 0.910. The van der Waals surface area contributed by atoms with Gasteiger partial charge in [0.1, 0.15) is 5.82 Å². The number of hydrogen-bond acceptors (Lipinski definition) is 3. The highest BCUT2D eigenvalue weighted by Crippen LogP contribution is 2.28. The van der Waals surface area contributed by atoms with E-state index in [0.717, 1.165) is 30.5 Å². The molecule has 0 fully saturated rings. The number of benzene rings is 1. The predicted molar refractivity (Wildman–Crippen MR) is 84.8 cm³/mol. The van der Waals surface area contributed by atoms with Crippen LogP contribution in [-0.4, -0.2) is 45.3 Å². The molecule has 1 N–H and O–H groups in total. The Balaban J connectivity index is 1.94. The normalized spacial score (nSPS) is 12.9. The van der Waals surface area contributed by atoms with Crippen molar-refractivity contribution in [2.45, 2.75) is 25.7 Å². The molecule has 1 heterocycles. The average molecular weight is 331 g/mol. The van der Waals surface area contributed by atoms with Gasteiger partial charge in [0.15, 0.2) is 5.69 Å². The van der Waals surface area contributed by atoms with Crippen LogP contribution in [0.1, 0.15) is 34.6 Å². The molecule has 0 bridgehead atoms. The molecule has 7 heteroatoms. The zero-order valence-corrected chi connectivity index (χ0v) is 13.3. The maximum Gasteiger partial charge on any atom is 0.305 e. The van der Waals surface area contributed by atoms with Gasteiger partial charge in [-0.25, -0.2) is 9.07 Å². The number of aromatic nitrogens is 2. The highest BCUT2D eigenvalue weighted by atomic mass is 19.1. The molecule has 126 valence electrons. The van der Waals surface area contributed by atoms with Gasteiger partial charge in [-0.3, -0.25) is 9.59 Å². The molecule has 1 aromatic carbocycles. The van der Waals surface area contributed by atoms with Crippen molar-refractivity contribution in [1.29, 1.82) is 0 Å². The summed E-state index contributed by atoms with van der Waals surface area (Å²) in [7, 11) is 1.56. The number of carboxylic acids is 1. The third-order valence-electron chi connectivity index (χ3n) is 4.19. The van der Waals surface area contributed by atoms with E-state index in [1.54, 1.807) is 23.9 Å². The molecule has 0 atom stereocenters. The largest absolute Gasteiger partial charge is 0.481 e. The molecule has 1 aliphatic carbocycles. The van der Waals surface area contributed by atoms with Gasteiger partial charge in [0.2, 0.25) is 0 Å². The van der Waals surface area contributed by atoms with E-state index in [9.17, 15) is 14.0 Å². The summed E-state index contributed by atoms with van der Waals surface area (Å²) in [6, 6.07) is 6.10. The summed E-state index contributed by atoms with van der Waals surface area (Å²) in [6.45, 7) is 0.121. The summed E-state index contributed by atoms with van der Waals surface area (Å²) in [5.41, 5.74) is 2.72. The van der Waals surface area contributed by atoms with E-state index in [4.69, 9.17) is 5.11 Å². The van der Waals surface area contributed by atoms with Gasteiger partial charge in [-0.1, -0.05) is 6.07 Å². The van der Waals surface area contributed by atoms with Crippen molar-refractivity contribution in [2.24, 2.45) is 0 Å². The standard InChI is InChI=1S/C17H18FN3O3/c1-20(9-8-15(22)23)17(24)16-13-6-3-7-14(13)21(19-16)12-5-2-4-11(18)10-12/h2,4-5,10H,3,6-9H2,1H3,(H,22,23). The summed E-state index contributed by atoms with van der Waals surface area (Å²) in [6.07, 6.45) is 2.33. The Morgan fingerprint density at radius 1 is 1.38 bits per heavy atom. The fourth-order valence-electron chi connectivity index (χ4n) is 2.98. The third-order valence-corrected chi connectivity index (χ3v) is 4.19. The lowest BCUT2D eigenvalue weighted by Crippen LogP contribution is -2.30. The minimum Gasteiger partial charge on any atom is -0.481 e. The summed E-state index contributed by atoms with van der Waals surface area (Å²) in [5.74, 6) is -1.61. The maximum atomic E-state index is 13.5. The number of nitrogens with zero attached hydrogens (tertiary/aromatic N) is 3. The number of halogens is 1. The van der Waals surface area contributed by atoms with E-state index < -0.39 is 5.97 Å². The van der Waals surface area contributed by atoms with Crippen LogP contribution in [0.15, 0.2) is 24.3 Å². The number of aliphatic carboxylic acids is 1. The summed E-state index contributed by atoms with van der Waals surface area (Å²) in [4.78, 5) is 24.7. The number of hydrogen-bond donors (Lipinski definition) is 1. The second-order valence-electron chi connectivity index (χ2n) is 5.89. The van der Waals surface area contributed by atoms with E-state index in [1.165, 1.54) is 17.0 Å². The van der Waals surface area contributed by atoms with Crippen LogP contribution in [0.25, 0.3) is 5.69 Å². The number of carboxylic acid groups (broad SMARTS) is 1. The lowest BCUT2D eigenvalue weighted by molar-refractivity contribution is -0.137.